The molecule has 2 saturated heterocycles. The van der Waals surface area contributed by atoms with Crippen molar-refractivity contribution in [3.63, 3.8) is 0 Å². The van der Waals surface area contributed by atoms with E-state index in [9.17, 15) is 4.79 Å². The number of likely N-dealkylation sites (N-methyl/N-ethyl adjacent to an activating group) is 1. The van der Waals surface area contributed by atoms with Gasteiger partial charge >= 0.3 is 6.03 Å². The minimum absolute atomic E-state index is 0.135. The van der Waals surface area contributed by atoms with E-state index in [-0.39, 0.29) is 12.1 Å². The maximum absolute atomic E-state index is 12.3. The van der Waals surface area contributed by atoms with Crippen LogP contribution in [0.1, 0.15) is 40.0 Å². The molecule has 2 fully saturated rings. The van der Waals surface area contributed by atoms with Crippen LogP contribution in [0.3, 0.4) is 0 Å². The molecule has 2 aliphatic rings. The van der Waals surface area contributed by atoms with Gasteiger partial charge in [-0.1, -0.05) is 13.8 Å². The van der Waals surface area contributed by atoms with Crippen molar-refractivity contribution in [2.45, 2.75) is 46.1 Å². The molecule has 5 nitrogen and oxygen atoms in total. The number of piperidine rings is 1. The molecule has 2 amide bonds. The van der Waals surface area contributed by atoms with Crippen molar-refractivity contribution in [3.05, 3.63) is 0 Å². The van der Waals surface area contributed by atoms with Crippen LogP contribution >= 0.6 is 0 Å². The molecule has 0 spiro atoms. The van der Waals surface area contributed by atoms with Crippen molar-refractivity contribution in [2.24, 2.45) is 11.8 Å². The zero-order valence-electron chi connectivity index (χ0n) is 15.6. The van der Waals surface area contributed by atoms with E-state index in [2.05, 4.69) is 42.9 Å². The van der Waals surface area contributed by atoms with Crippen LogP contribution < -0.4 is 5.32 Å². The van der Waals surface area contributed by atoms with E-state index in [1.54, 1.807) is 0 Å². The van der Waals surface area contributed by atoms with Gasteiger partial charge in [0.1, 0.15) is 0 Å². The van der Waals surface area contributed by atoms with E-state index >= 15 is 0 Å². The summed E-state index contributed by atoms with van der Waals surface area (Å²) in [6, 6.07) is 0.404. The summed E-state index contributed by atoms with van der Waals surface area (Å²) in [5, 5.41) is 3.15. The summed E-state index contributed by atoms with van der Waals surface area (Å²) >= 11 is 0. The Balaban J connectivity index is 1.66. The molecule has 0 saturated carbocycles. The lowest BCUT2D eigenvalue weighted by atomic mass is 9.96. The number of carbonyl (C=O) groups is 1. The maximum atomic E-state index is 12.3. The molecule has 0 radical (unpaired) electrons. The third-order valence-corrected chi connectivity index (χ3v) is 5.21. The third-order valence-electron chi connectivity index (χ3n) is 5.21. The largest absolute Gasteiger partial charge is 0.336 e. The smallest absolute Gasteiger partial charge is 0.317 e. The molecule has 0 unspecified atom stereocenters. The van der Waals surface area contributed by atoms with Gasteiger partial charge in [-0.2, -0.15) is 0 Å². The van der Waals surface area contributed by atoms with Gasteiger partial charge in [0, 0.05) is 51.9 Å². The molecule has 0 aliphatic carbocycles. The highest BCUT2D eigenvalue weighted by atomic mass is 16.2. The Morgan fingerprint density at radius 3 is 2.22 bits per heavy atom. The first-order valence-corrected chi connectivity index (χ1v) is 9.40. The van der Waals surface area contributed by atoms with Gasteiger partial charge in [-0.05, 0) is 45.1 Å². The topological polar surface area (TPSA) is 38.8 Å². The molecule has 2 aliphatic heterocycles. The third kappa shape index (κ3) is 6.30. The molecule has 1 atom stereocenters. The number of likely N-dealkylation sites (tertiary alicyclic amines) is 1. The van der Waals surface area contributed by atoms with Crippen molar-refractivity contribution in [1.29, 1.82) is 0 Å². The first-order valence-electron chi connectivity index (χ1n) is 9.40. The Morgan fingerprint density at radius 2 is 1.65 bits per heavy atom. The molecule has 23 heavy (non-hydrogen) atoms. The zero-order chi connectivity index (χ0) is 16.8. The van der Waals surface area contributed by atoms with E-state index < -0.39 is 0 Å². The number of nitrogens with zero attached hydrogens (tertiary/aromatic N) is 3. The average molecular weight is 325 g/mol. The minimum Gasteiger partial charge on any atom is -0.336 e. The van der Waals surface area contributed by atoms with Gasteiger partial charge in [-0.3, -0.25) is 0 Å². The number of hydrogen-bond donors (Lipinski definition) is 1. The van der Waals surface area contributed by atoms with Gasteiger partial charge in [-0.15, -0.1) is 0 Å². The highest BCUT2D eigenvalue weighted by molar-refractivity contribution is 5.74. The lowest BCUT2D eigenvalue weighted by Crippen LogP contribution is -2.50. The first-order chi connectivity index (χ1) is 10.9. The van der Waals surface area contributed by atoms with E-state index in [0.717, 1.165) is 38.3 Å². The Labute approximate surface area is 142 Å². The summed E-state index contributed by atoms with van der Waals surface area (Å²) in [6.45, 7) is 14.3. The second-order valence-electron chi connectivity index (χ2n) is 8.01. The first kappa shape index (κ1) is 18.5. The number of amides is 2. The molecule has 1 N–H and O–H groups in total. The average Bonchev–Trinajstić information content (AvgIpc) is 2.49. The van der Waals surface area contributed by atoms with Crippen molar-refractivity contribution in [2.75, 3.05) is 52.9 Å². The molecule has 2 rings (SSSR count). The molecule has 2 heterocycles. The lowest BCUT2D eigenvalue weighted by Gasteiger charge is -2.38. The molecular weight excluding hydrogens is 288 g/mol. The summed E-state index contributed by atoms with van der Waals surface area (Å²) in [5.74, 6) is 1.38. The van der Waals surface area contributed by atoms with Crippen LogP contribution in [0.25, 0.3) is 0 Å². The van der Waals surface area contributed by atoms with Crippen molar-refractivity contribution in [1.82, 2.24) is 20.0 Å². The summed E-state index contributed by atoms with van der Waals surface area (Å²) in [5.41, 5.74) is 0. The Kier molecular flexibility index (Phi) is 7.15. The second kappa shape index (κ2) is 8.88. The van der Waals surface area contributed by atoms with Gasteiger partial charge < -0.3 is 20.0 Å². The van der Waals surface area contributed by atoms with Crippen molar-refractivity contribution >= 4 is 6.03 Å². The monoisotopic (exact) mass is 324 g/mol. The van der Waals surface area contributed by atoms with Crippen molar-refractivity contribution in [3.8, 4) is 0 Å². The Morgan fingerprint density at radius 1 is 1.04 bits per heavy atom. The van der Waals surface area contributed by atoms with E-state index in [1.165, 1.54) is 32.7 Å². The fourth-order valence-corrected chi connectivity index (χ4v) is 3.78. The number of rotatable bonds is 5. The number of nitrogens with one attached hydrogen (secondary N) is 1. The van der Waals surface area contributed by atoms with E-state index in [4.69, 9.17) is 0 Å². The van der Waals surface area contributed by atoms with Gasteiger partial charge in [0.15, 0.2) is 0 Å². The van der Waals surface area contributed by atoms with Crippen LogP contribution in [0.2, 0.25) is 0 Å². The molecule has 134 valence electrons. The summed E-state index contributed by atoms with van der Waals surface area (Å²) in [4.78, 5) is 19.3. The maximum Gasteiger partial charge on any atom is 0.317 e. The van der Waals surface area contributed by atoms with E-state index in [1.807, 2.05) is 4.90 Å². The number of carbonyl (C=O) groups excluding carboxylic acids is 1. The Bertz CT molecular complexity index is 358. The lowest BCUT2D eigenvalue weighted by molar-refractivity contribution is 0.110. The van der Waals surface area contributed by atoms with Crippen LogP contribution in [0.15, 0.2) is 0 Å². The summed E-state index contributed by atoms with van der Waals surface area (Å²) in [6.07, 6.45) is 3.35. The van der Waals surface area contributed by atoms with Gasteiger partial charge in [-0.25, -0.2) is 4.79 Å². The van der Waals surface area contributed by atoms with Crippen LogP contribution in [0.4, 0.5) is 4.79 Å². The highest BCUT2D eigenvalue weighted by Crippen LogP contribution is 2.19. The van der Waals surface area contributed by atoms with Crippen LogP contribution in [0.5, 0.6) is 0 Å². The normalized spacial score (nSPS) is 23.3. The van der Waals surface area contributed by atoms with Crippen molar-refractivity contribution < 1.29 is 4.79 Å². The van der Waals surface area contributed by atoms with E-state index in [0.29, 0.717) is 5.92 Å². The predicted molar refractivity (Wildman–Crippen MR) is 95.7 cm³/mol. The molecule has 0 aromatic rings. The fourth-order valence-electron chi connectivity index (χ4n) is 3.78. The standard InChI is InChI=1S/C18H36N4O/c1-15(2)13-16(3)19-18(23)22-7-5-17(6-8-22)14-21-11-9-20(4)10-12-21/h15-17H,5-14H2,1-4H3,(H,19,23)/t16-/m1/s1. The fraction of sp³-hybridized carbons (Fsp3) is 0.944. The predicted octanol–water partition coefficient (Wildman–Crippen LogP) is 2.09. The second-order valence-corrected chi connectivity index (χ2v) is 8.01. The molecule has 0 aromatic carbocycles. The number of piperazine rings is 1. The SMILES string of the molecule is CC(C)C[C@@H](C)NC(=O)N1CCC(CN2CCN(C)CC2)CC1. The molecule has 0 aromatic heterocycles. The summed E-state index contributed by atoms with van der Waals surface area (Å²) < 4.78 is 0. The zero-order valence-corrected chi connectivity index (χ0v) is 15.6. The van der Waals surface area contributed by atoms with Crippen LogP contribution in [-0.4, -0.2) is 79.6 Å². The minimum atomic E-state index is 0.135. The van der Waals surface area contributed by atoms with Crippen LogP contribution in [-0.2, 0) is 0 Å². The molecule has 5 heteroatoms. The molecule has 0 bridgehead atoms. The summed E-state index contributed by atoms with van der Waals surface area (Å²) in [7, 11) is 2.20. The highest BCUT2D eigenvalue weighted by Gasteiger charge is 2.25. The van der Waals surface area contributed by atoms with Gasteiger partial charge in [0.2, 0.25) is 0 Å². The van der Waals surface area contributed by atoms with Crippen LogP contribution in [0, 0.1) is 11.8 Å². The number of hydrogen-bond acceptors (Lipinski definition) is 3. The Hall–Kier alpha value is -0.810. The quantitative estimate of drug-likeness (QED) is 0.842. The van der Waals surface area contributed by atoms with Gasteiger partial charge in [0.25, 0.3) is 0 Å². The van der Waals surface area contributed by atoms with Gasteiger partial charge in [0.05, 0.1) is 0 Å². The molecular formula is C18H36N4O. The number of urea groups is 1.